The Morgan fingerprint density at radius 1 is 1.21 bits per heavy atom. The summed E-state index contributed by atoms with van der Waals surface area (Å²) in [6, 6.07) is 5.94. The summed E-state index contributed by atoms with van der Waals surface area (Å²) in [5.74, 6) is 0.713. The fraction of sp³-hybridized carbons (Fsp3) is 0.500. The summed E-state index contributed by atoms with van der Waals surface area (Å²) in [5.41, 5.74) is 1.26. The third kappa shape index (κ3) is 3.82. The topological polar surface area (TPSA) is 68.5 Å². The summed E-state index contributed by atoms with van der Waals surface area (Å²) in [6.07, 6.45) is 1.64. The standard InChI is InChI=1S/C18H25N3O3/c1-12(2)20(13(3)4)10-11-24-17-8-9-19-18-14(5)16(21(22)23)7-6-15(17)18/h6-9,12-13H,10-11H2,1-5H3. The molecule has 0 aliphatic carbocycles. The Morgan fingerprint density at radius 3 is 2.46 bits per heavy atom. The maximum Gasteiger partial charge on any atom is 0.274 e. The fourth-order valence-electron chi connectivity index (χ4n) is 3.02. The van der Waals surface area contributed by atoms with E-state index in [1.807, 2.05) is 6.07 Å². The zero-order valence-corrected chi connectivity index (χ0v) is 14.9. The Labute approximate surface area is 142 Å². The minimum absolute atomic E-state index is 0.0814. The average molecular weight is 331 g/mol. The highest BCUT2D eigenvalue weighted by molar-refractivity contribution is 5.89. The lowest BCUT2D eigenvalue weighted by Gasteiger charge is -2.30. The van der Waals surface area contributed by atoms with Gasteiger partial charge in [0.2, 0.25) is 0 Å². The molecule has 0 aliphatic heterocycles. The van der Waals surface area contributed by atoms with Crippen LogP contribution in [0.15, 0.2) is 24.4 Å². The number of hydrogen-bond acceptors (Lipinski definition) is 5. The molecule has 1 aromatic carbocycles. The highest BCUT2D eigenvalue weighted by Gasteiger charge is 2.17. The smallest absolute Gasteiger partial charge is 0.274 e. The highest BCUT2D eigenvalue weighted by atomic mass is 16.6. The molecule has 2 aromatic rings. The van der Waals surface area contributed by atoms with Crippen LogP contribution < -0.4 is 4.74 Å². The van der Waals surface area contributed by atoms with Gasteiger partial charge in [-0.05, 0) is 46.8 Å². The molecule has 0 unspecified atom stereocenters. The van der Waals surface area contributed by atoms with Gasteiger partial charge in [-0.1, -0.05) is 0 Å². The molecule has 130 valence electrons. The fourth-order valence-corrected chi connectivity index (χ4v) is 3.02. The molecule has 0 saturated carbocycles. The van der Waals surface area contributed by atoms with Crippen molar-refractivity contribution in [3.8, 4) is 5.75 Å². The maximum absolute atomic E-state index is 11.1. The van der Waals surface area contributed by atoms with Crippen molar-refractivity contribution in [2.75, 3.05) is 13.2 Å². The Kier molecular flexibility index (Phi) is 5.72. The molecule has 0 N–H and O–H groups in total. The van der Waals surface area contributed by atoms with E-state index in [0.717, 1.165) is 11.9 Å². The number of aromatic nitrogens is 1. The molecule has 0 radical (unpaired) electrons. The van der Waals surface area contributed by atoms with Gasteiger partial charge in [0.05, 0.1) is 16.0 Å². The number of hydrogen-bond donors (Lipinski definition) is 0. The van der Waals surface area contributed by atoms with Gasteiger partial charge in [0.1, 0.15) is 12.4 Å². The predicted molar refractivity (Wildman–Crippen MR) is 95.6 cm³/mol. The second kappa shape index (κ2) is 7.57. The van der Waals surface area contributed by atoms with Crippen LogP contribution in [0.5, 0.6) is 5.75 Å². The van der Waals surface area contributed by atoms with Crippen LogP contribution in [0.25, 0.3) is 10.9 Å². The summed E-state index contributed by atoms with van der Waals surface area (Å²) < 4.78 is 5.95. The van der Waals surface area contributed by atoms with E-state index in [4.69, 9.17) is 4.74 Å². The van der Waals surface area contributed by atoms with Crippen molar-refractivity contribution in [2.45, 2.75) is 46.7 Å². The van der Waals surface area contributed by atoms with Crippen molar-refractivity contribution in [1.29, 1.82) is 0 Å². The molecule has 0 atom stereocenters. The molecule has 0 spiro atoms. The number of pyridine rings is 1. The normalized spacial score (nSPS) is 11.7. The number of rotatable bonds is 7. The van der Waals surface area contributed by atoms with Crippen molar-refractivity contribution >= 4 is 16.6 Å². The van der Waals surface area contributed by atoms with E-state index < -0.39 is 0 Å². The van der Waals surface area contributed by atoms with E-state index >= 15 is 0 Å². The third-order valence-corrected chi connectivity index (χ3v) is 4.23. The molecule has 2 rings (SSSR count). The molecule has 6 heteroatoms. The lowest BCUT2D eigenvalue weighted by molar-refractivity contribution is -0.385. The van der Waals surface area contributed by atoms with E-state index in [1.165, 1.54) is 6.07 Å². The quantitative estimate of drug-likeness (QED) is 0.567. The van der Waals surface area contributed by atoms with E-state index in [2.05, 4.69) is 37.6 Å². The molecule has 24 heavy (non-hydrogen) atoms. The van der Waals surface area contributed by atoms with Gasteiger partial charge in [-0.2, -0.15) is 0 Å². The van der Waals surface area contributed by atoms with Crippen molar-refractivity contribution in [3.05, 3.63) is 40.1 Å². The second-order valence-corrected chi connectivity index (χ2v) is 6.45. The van der Waals surface area contributed by atoms with E-state index in [-0.39, 0.29) is 10.6 Å². The molecule has 6 nitrogen and oxygen atoms in total. The summed E-state index contributed by atoms with van der Waals surface area (Å²) in [5, 5.41) is 11.9. The van der Waals surface area contributed by atoms with Gasteiger partial charge in [0.25, 0.3) is 5.69 Å². The van der Waals surface area contributed by atoms with Crippen LogP contribution in [-0.4, -0.2) is 40.0 Å². The van der Waals surface area contributed by atoms with Crippen molar-refractivity contribution in [1.82, 2.24) is 9.88 Å². The Balaban J connectivity index is 2.21. The van der Waals surface area contributed by atoms with Crippen LogP contribution in [0.3, 0.4) is 0 Å². The summed E-state index contributed by atoms with van der Waals surface area (Å²) in [6.45, 7) is 11.8. The first-order valence-electron chi connectivity index (χ1n) is 8.24. The number of fused-ring (bicyclic) bond motifs is 1. The zero-order valence-electron chi connectivity index (χ0n) is 14.9. The van der Waals surface area contributed by atoms with Gasteiger partial charge >= 0.3 is 0 Å². The van der Waals surface area contributed by atoms with Gasteiger partial charge in [-0.3, -0.25) is 20.0 Å². The molecule has 1 heterocycles. The summed E-state index contributed by atoms with van der Waals surface area (Å²) >= 11 is 0. The SMILES string of the molecule is Cc1c([N+](=O)[O-])ccc2c(OCCN(C(C)C)C(C)C)ccnc12. The van der Waals surface area contributed by atoms with E-state index in [0.29, 0.717) is 35.5 Å². The first-order chi connectivity index (χ1) is 11.3. The van der Waals surface area contributed by atoms with Crippen LogP contribution in [0.4, 0.5) is 5.69 Å². The number of aryl methyl sites for hydroxylation is 1. The molecule has 0 bridgehead atoms. The van der Waals surface area contributed by atoms with Crippen LogP contribution in [0.1, 0.15) is 33.3 Å². The van der Waals surface area contributed by atoms with Crippen molar-refractivity contribution in [2.24, 2.45) is 0 Å². The first-order valence-corrected chi connectivity index (χ1v) is 8.24. The van der Waals surface area contributed by atoms with Crippen molar-refractivity contribution in [3.63, 3.8) is 0 Å². The molecule has 0 fully saturated rings. The number of ether oxygens (including phenoxy) is 1. The van der Waals surface area contributed by atoms with Gasteiger partial charge in [-0.15, -0.1) is 0 Å². The van der Waals surface area contributed by atoms with Gasteiger partial charge in [-0.25, -0.2) is 0 Å². The maximum atomic E-state index is 11.1. The lowest BCUT2D eigenvalue weighted by Crippen LogP contribution is -2.39. The number of nitro groups is 1. The number of benzene rings is 1. The Morgan fingerprint density at radius 2 is 1.88 bits per heavy atom. The largest absolute Gasteiger partial charge is 0.491 e. The molecular weight excluding hydrogens is 306 g/mol. The Hall–Kier alpha value is -2.21. The number of nitrogens with zero attached hydrogens (tertiary/aromatic N) is 3. The third-order valence-electron chi connectivity index (χ3n) is 4.23. The van der Waals surface area contributed by atoms with E-state index in [1.54, 1.807) is 19.2 Å². The molecule has 0 saturated heterocycles. The van der Waals surface area contributed by atoms with Crippen LogP contribution in [0.2, 0.25) is 0 Å². The highest BCUT2D eigenvalue weighted by Crippen LogP contribution is 2.31. The molecular formula is C18H25N3O3. The monoisotopic (exact) mass is 331 g/mol. The lowest BCUT2D eigenvalue weighted by atomic mass is 10.1. The van der Waals surface area contributed by atoms with Crippen LogP contribution in [0, 0.1) is 17.0 Å². The Bertz CT molecular complexity index is 721. The van der Waals surface area contributed by atoms with E-state index in [9.17, 15) is 10.1 Å². The second-order valence-electron chi connectivity index (χ2n) is 6.45. The predicted octanol–water partition coefficient (Wildman–Crippen LogP) is 3.95. The van der Waals surface area contributed by atoms with Gasteiger partial charge < -0.3 is 4.74 Å². The molecule has 0 aliphatic rings. The summed E-state index contributed by atoms with van der Waals surface area (Å²) in [7, 11) is 0. The molecule has 1 aromatic heterocycles. The van der Waals surface area contributed by atoms with Crippen molar-refractivity contribution < 1.29 is 9.66 Å². The summed E-state index contributed by atoms with van der Waals surface area (Å²) in [4.78, 5) is 17.3. The molecule has 0 amide bonds. The average Bonchev–Trinajstić information content (AvgIpc) is 2.51. The zero-order chi connectivity index (χ0) is 17.9. The minimum atomic E-state index is -0.382. The van der Waals surface area contributed by atoms with Crippen LogP contribution >= 0.6 is 0 Å². The van der Waals surface area contributed by atoms with Gasteiger partial charge in [0.15, 0.2) is 0 Å². The minimum Gasteiger partial charge on any atom is -0.491 e. The van der Waals surface area contributed by atoms with Gasteiger partial charge in [0, 0.05) is 36.3 Å². The first kappa shape index (κ1) is 18.1. The van der Waals surface area contributed by atoms with Crippen LogP contribution in [-0.2, 0) is 0 Å². The number of nitro benzene ring substituents is 1.